The molecule has 2 amide bonds. The van der Waals surface area contributed by atoms with Crippen LogP contribution in [0.5, 0.6) is 0 Å². The number of hydrogen-bond acceptors (Lipinski definition) is 3. The number of pyridine rings is 1. The molecule has 0 saturated heterocycles. The number of carbonyl (C=O) groups is 2. The number of fused-ring (bicyclic) bond motifs is 1. The fourth-order valence-electron chi connectivity index (χ4n) is 2.53. The number of benzene rings is 1. The second-order valence-corrected chi connectivity index (χ2v) is 5.98. The molecule has 1 atom stereocenters. The summed E-state index contributed by atoms with van der Waals surface area (Å²) in [5, 5.41) is 5.51. The highest BCUT2D eigenvalue weighted by Gasteiger charge is 2.16. The molecule has 128 valence electrons. The molecule has 2 heterocycles. The number of amides is 2. The Labute approximate surface area is 145 Å². The molecule has 3 rings (SSSR count). The van der Waals surface area contributed by atoms with Crippen molar-refractivity contribution in [3.63, 3.8) is 0 Å². The number of imidazole rings is 1. The Morgan fingerprint density at radius 1 is 1.20 bits per heavy atom. The third kappa shape index (κ3) is 4.03. The Bertz CT molecular complexity index is 883. The third-order valence-corrected chi connectivity index (χ3v) is 3.88. The van der Waals surface area contributed by atoms with Gasteiger partial charge in [0.2, 0.25) is 5.91 Å². The first kappa shape index (κ1) is 16.7. The van der Waals surface area contributed by atoms with E-state index in [4.69, 9.17) is 0 Å². The van der Waals surface area contributed by atoms with Crippen molar-refractivity contribution >= 4 is 17.5 Å². The van der Waals surface area contributed by atoms with E-state index in [1.807, 2.05) is 54.0 Å². The number of aromatic nitrogens is 2. The zero-order valence-corrected chi connectivity index (χ0v) is 14.2. The van der Waals surface area contributed by atoms with E-state index in [0.717, 1.165) is 16.9 Å². The van der Waals surface area contributed by atoms with Gasteiger partial charge in [0.1, 0.15) is 11.7 Å². The lowest BCUT2D eigenvalue weighted by molar-refractivity contribution is -0.122. The second kappa shape index (κ2) is 7.17. The van der Waals surface area contributed by atoms with Crippen molar-refractivity contribution in [1.82, 2.24) is 20.0 Å². The number of carbonyl (C=O) groups excluding carboxylic acids is 2. The van der Waals surface area contributed by atoms with E-state index in [9.17, 15) is 9.59 Å². The van der Waals surface area contributed by atoms with E-state index >= 15 is 0 Å². The molecule has 0 bridgehead atoms. The molecule has 0 aliphatic carbocycles. The first-order chi connectivity index (χ1) is 12.0. The highest BCUT2D eigenvalue weighted by atomic mass is 16.2. The average Bonchev–Trinajstić information content (AvgIpc) is 3.02. The normalized spacial score (nSPS) is 11.9. The Kier molecular flexibility index (Phi) is 4.79. The first-order valence-corrected chi connectivity index (χ1v) is 8.11. The molecule has 0 saturated carbocycles. The van der Waals surface area contributed by atoms with Crippen LogP contribution in [0.4, 0.5) is 0 Å². The lowest BCUT2D eigenvalue weighted by atomic mass is 10.1. The number of nitrogens with zero attached hydrogens (tertiary/aromatic N) is 2. The number of hydrogen-bond donors (Lipinski definition) is 2. The Hall–Kier alpha value is -3.15. The number of rotatable bonds is 5. The molecule has 2 N–H and O–H groups in total. The number of nitrogens with one attached hydrogen (secondary N) is 2. The van der Waals surface area contributed by atoms with Gasteiger partial charge >= 0.3 is 0 Å². The summed E-state index contributed by atoms with van der Waals surface area (Å²) in [5.74, 6) is -0.517. The van der Waals surface area contributed by atoms with Gasteiger partial charge in [-0.2, -0.15) is 0 Å². The Balaban J connectivity index is 1.56. The van der Waals surface area contributed by atoms with E-state index in [0.29, 0.717) is 12.1 Å². The lowest BCUT2D eigenvalue weighted by Crippen LogP contribution is -2.44. The standard InChI is InChI=1S/C19H20N4O2/c1-13-6-5-7-15(10-13)19(25)21-14(2)18(24)20-11-16-12-23-9-4-3-8-17(23)22-16/h3-10,12,14H,11H2,1-2H3,(H,20,24)(H,21,25)/t14-/m0/s1. The van der Waals surface area contributed by atoms with E-state index in [1.54, 1.807) is 19.1 Å². The van der Waals surface area contributed by atoms with Gasteiger partial charge in [-0.3, -0.25) is 9.59 Å². The van der Waals surface area contributed by atoms with Crippen molar-refractivity contribution in [2.24, 2.45) is 0 Å². The molecular weight excluding hydrogens is 316 g/mol. The zero-order chi connectivity index (χ0) is 17.8. The van der Waals surface area contributed by atoms with Crippen molar-refractivity contribution in [1.29, 1.82) is 0 Å². The molecule has 0 fully saturated rings. The van der Waals surface area contributed by atoms with Crippen LogP contribution in [0.1, 0.15) is 28.5 Å². The van der Waals surface area contributed by atoms with Gasteiger partial charge in [0, 0.05) is 18.0 Å². The Morgan fingerprint density at radius 2 is 2.04 bits per heavy atom. The third-order valence-electron chi connectivity index (χ3n) is 3.88. The van der Waals surface area contributed by atoms with Crippen LogP contribution in [0, 0.1) is 6.92 Å². The lowest BCUT2D eigenvalue weighted by Gasteiger charge is -2.14. The summed E-state index contributed by atoms with van der Waals surface area (Å²) in [6, 6.07) is 12.3. The summed E-state index contributed by atoms with van der Waals surface area (Å²) in [5.41, 5.74) is 3.13. The van der Waals surface area contributed by atoms with Crippen LogP contribution in [0.2, 0.25) is 0 Å². The minimum absolute atomic E-state index is 0.252. The predicted molar refractivity (Wildman–Crippen MR) is 95.1 cm³/mol. The van der Waals surface area contributed by atoms with Crippen molar-refractivity contribution in [2.75, 3.05) is 0 Å². The molecule has 0 aliphatic heterocycles. The molecule has 0 radical (unpaired) electrons. The summed E-state index contributed by atoms with van der Waals surface area (Å²) >= 11 is 0. The summed E-state index contributed by atoms with van der Waals surface area (Å²) in [4.78, 5) is 28.8. The van der Waals surface area contributed by atoms with Gasteiger partial charge in [0.05, 0.1) is 12.2 Å². The molecule has 1 aromatic carbocycles. The van der Waals surface area contributed by atoms with E-state index < -0.39 is 6.04 Å². The van der Waals surface area contributed by atoms with Gasteiger partial charge in [-0.15, -0.1) is 0 Å². The molecule has 0 unspecified atom stereocenters. The Morgan fingerprint density at radius 3 is 2.80 bits per heavy atom. The van der Waals surface area contributed by atoms with Gasteiger partial charge in [0.15, 0.2) is 0 Å². The van der Waals surface area contributed by atoms with Gasteiger partial charge < -0.3 is 15.0 Å². The molecule has 2 aromatic heterocycles. The highest BCUT2D eigenvalue weighted by molar-refractivity contribution is 5.97. The maximum atomic E-state index is 12.2. The summed E-state index contributed by atoms with van der Waals surface area (Å²) in [6.45, 7) is 3.89. The largest absolute Gasteiger partial charge is 0.349 e. The van der Waals surface area contributed by atoms with Gasteiger partial charge in [0.25, 0.3) is 5.91 Å². The van der Waals surface area contributed by atoms with Crippen LogP contribution < -0.4 is 10.6 Å². The quantitative estimate of drug-likeness (QED) is 0.749. The van der Waals surface area contributed by atoms with Crippen molar-refractivity contribution in [3.8, 4) is 0 Å². The molecule has 6 nitrogen and oxygen atoms in total. The molecule has 0 spiro atoms. The molecule has 6 heteroatoms. The topological polar surface area (TPSA) is 75.5 Å². The summed E-state index contributed by atoms with van der Waals surface area (Å²) in [7, 11) is 0. The van der Waals surface area contributed by atoms with Gasteiger partial charge in [-0.25, -0.2) is 4.98 Å². The van der Waals surface area contributed by atoms with E-state index in [-0.39, 0.29) is 11.8 Å². The maximum Gasteiger partial charge on any atom is 0.251 e. The monoisotopic (exact) mass is 336 g/mol. The van der Waals surface area contributed by atoms with Crippen LogP contribution in [0.25, 0.3) is 5.65 Å². The van der Waals surface area contributed by atoms with Gasteiger partial charge in [-0.1, -0.05) is 23.8 Å². The van der Waals surface area contributed by atoms with Crippen molar-refractivity contribution in [2.45, 2.75) is 26.4 Å². The van der Waals surface area contributed by atoms with E-state index in [2.05, 4.69) is 15.6 Å². The molecule has 0 aliphatic rings. The van der Waals surface area contributed by atoms with E-state index in [1.165, 1.54) is 0 Å². The predicted octanol–water partition coefficient (Wildman–Crippen LogP) is 2.08. The fourth-order valence-corrected chi connectivity index (χ4v) is 2.53. The SMILES string of the molecule is Cc1cccc(C(=O)N[C@@H](C)C(=O)NCc2cn3ccccc3n2)c1. The molecular formula is C19H20N4O2. The van der Waals surface area contributed by atoms with Crippen LogP contribution in [0.15, 0.2) is 54.9 Å². The molecule has 3 aromatic rings. The van der Waals surface area contributed by atoms with Gasteiger partial charge in [-0.05, 0) is 38.1 Å². The number of aryl methyl sites for hydroxylation is 1. The zero-order valence-electron chi connectivity index (χ0n) is 14.2. The van der Waals surface area contributed by atoms with Crippen LogP contribution in [0.3, 0.4) is 0 Å². The maximum absolute atomic E-state index is 12.2. The van der Waals surface area contributed by atoms with Crippen molar-refractivity contribution in [3.05, 3.63) is 71.7 Å². The molecule has 25 heavy (non-hydrogen) atoms. The van der Waals surface area contributed by atoms with Crippen molar-refractivity contribution < 1.29 is 9.59 Å². The summed E-state index contributed by atoms with van der Waals surface area (Å²) in [6.07, 6.45) is 3.77. The minimum atomic E-state index is -0.634. The fraction of sp³-hybridized carbons (Fsp3) is 0.211. The summed E-state index contributed by atoms with van der Waals surface area (Å²) < 4.78 is 1.89. The smallest absolute Gasteiger partial charge is 0.251 e. The minimum Gasteiger partial charge on any atom is -0.349 e. The average molecular weight is 336 g/mol. The highest BCUT2D eigenvalue weighted by Crippen LogP contribution is 2.05. The van der Waals surface area contributed by atoms with Crippen LogP contribution >= 0.6 is 0 Å². The second-order valence-electron chi connectivity index (χ2n) is 5.98. The van der Waals surface area contributed by atoms with Crippen LogP contribution in [-0.4, -0.2) is 27.2 Å². The first-order valence-electron chi connectivity index (χ1n) is 8.11. The van der Waals surface area contributed by atoms with Crippen LogP contribution in [-0.2, 0) is 11.3 Å².